The predicted octanol–water partition coefficient (Wildman–Crippen LogP) is 1.62. The Balaban J connectivity index is 2.87. The second-order valence-corrected chi connectivity index (χ2v) is 5.07. The molecular weight excluding hydrogens is 254 g/mol. The first kappa shape index (κ1) is 16.0. The Bertz CT molecular complexity index is 472. The van der Waals surface area contributed by atoms with Crippen LogP contribution in [0.1, 0.15) is 30.6 Å². The molecule has 110 valence electrons. The molecule has 0 aliphatic heterocycles. The summed E-state index contributed by atoms with van der Waals surface area (Å²) < 4.78 is 0. The smallest absolute Gasteiger partial charge is 0.254 e. The maximum atomic E-state index is 12.3. The van der Waals surface area contributed by atoms with Crippen molar-refractivity contribution in [3.8, 4) is 0 Å². The van der Waals surface area contributed by atoms with E-state index in [0.29, 0.717) is 17.9 Å². The van der Waals surface area contributed by atoms with Gasteiger partial charge in [0.15, 0.2) is 0 Å². The molecule has 1 atom stereocenters. The molecule has 0 fully saturated rings. The quantitative estimate of drug-likeness (QED) is 0.740. The summed E-state index contributed by atoms with van der Waals surface area (Å²) >= 11 is 0. The molecule has 0 saturated heterocycles. The van der Waals surface area contributed by atoms with Gasteiger partial charge in [0.25, 0.3) is 5.91 Å². The third kappa shape index (κ3) is 4.26. The normalized spacial score (nSPS) is 11.8. The second kappa shape index (κ2) is 7.53. The number of benzene rings is 1. The predicted molar refractivity (Wildman–Crippen MR) is 80.8 cm³/mol. The van der Waals surface area contributed by atoms with Crippen LogP contribution in [0, 0.1) is 5.92 Å². The summed E-state index contributed by atoms with van der Waals surface area (Å²) in [4.78, 5) is 24.1. The van der Waals surface area contributed by atoms with Crippen LogP contribution in [0.25, 0.3) is 0 Å². The van der Waals surface area contributed by atoms with Crippen molar-refractivity contribution in [3.05, 3.63) is 29.8 Å². The van der Waals surface area contributed by atoms with Gasteiger partial charge in [-0.2, -0.15) is 0 Å². The van der Waals surface area contributed by atoms with Crippen molar-refractivity contribution in [2.75, 3.05) is 19.4 Å². The van der Waals surface area contributed by atoms with E-state index >= 15 is 0 Å². The average molecular weight is 277 g/mol. The number of nitrogens with one attached hydrogen (secondary N) is 3. The number of amides is 2. The Morgan fingerprint density at radius 1 is 1.15 bits per heavy atom. The van der Waals surface area contributed by atoms with Crippen molar-refractivity contribution < 1.29 is 9.59 Å². The fourth-order valence-corrected chi connectivity index (χ4v) is 2.01. The maximum Gasteiger partial charge on any atom is 0.254 e. The highest BCUT2D eigenvalue weighted by Gasteiger charge is 2.22. The highest BCUT2D eigenvalue weighted by Crippen LogP contribution is 2.15. The minimum absolute atomic E-state index is 0.172. The second-order valence-electron chi connectivity index (χ2n) is 5.07. The highest BCUT2D eigenvalue weighted by molar-refractivity contribution is 6.01. The molecule has 1 aromatic rings. The Hall–Kier alpha value is -2.04. The first-order chi connectivity index (χ1) is 9.49. The lowest BCUT2D eigenvalue weighted by molar-refractivity contribution is -0.122. The Kier molecular flexibility index (Phi) is 6.03. The molecule has 3 N–H and O–H groups in total. The number of carbonyl (C=O) groups excluding carboxylic acids is 2. The number of likely N-dealkylation sites (N-methyl/N-ethyl adjacent to an activating group) is 1. The molecule has 1 aromatic carbocycles. The van der Waals surface area contributed by atoms with E-state index in [0.717, 1.165) is 5.69 Å². The van der Waals surface area contributed by atoms with Crippen molar-refractivity contribution in [2.45, 2.75) is 26.3 Å². The van der Waals surface area contributed by atoms with Crippen molar-refractivity contribution >= 4 is 17.5 Å². The number of hydrogen-bond donors (Lipinski definition) is 3. The van der Waals surface area contributed by atoms with Gasteiger partial charge in [0.05, 0.1) is 5.56 Å². The standard InChI is InChI=1S/C15H23N3O2/c1-10(2)9-13(15(20)17-4)18-14(19)11-7-5-6-8-12(11)16-3/h5-8,10,13,16H,9H2,1-4H3,(H,17,20)(H,18,19). The zero-order valence-electron chi connectivity index (χ0n) is 12.5. The van der Waals surface area contributed by atoms with Gasteiger partial charge in [-0.15, -0.1) is 0 Å². The summed E-state index contributed by atoms with van der Waals surface area (Å²) in [5.74, 6) is -0.102. The van der Waals surface area contributed by atoms with Crippen LogP contribution in [0.5, 0.6) is 0 Å². The number of carbonyl (C=O) groups is 2. The van der Waals surface area contributed by atoms with Crippen molar-refractivity contribution in [2.24, 2.45) is 5.92 Å². The minimum atomic E-state index is -0.516. The molecule has 1 unspecified atom stereocenters. The lowest BCUT2D eigenvalue weighted by atomic mass is 10.0. The lowest BCUT2D eigenvalue weighted by Gasteiger charge is -2.20. The Labute approximate surface area is 120 Å². The van der Waals surface area contributed by atoms with E-state index < -0.39 is 6.04 Å². The molecule has 0 aromatic heterocycles. The molecule has 0 aliphatic carbocycles. The van der Waals surface area contributed by atoms with E-state index in [9.17, 15) is 9.59 Å². The van der Waals surface area contributed by atoms with Gasteiger partial charge in [0, 0.05) is 19.8 Å². The molecule has 5 heteroatoms. The number of rotatable bonds is 6. The lowest BCUT2D eigenvalue weighted by Crippen LogP contribution is -2.46. The Morgan fingerprint density at radius 3 is 2.35 bits per heavy atom. The summed E-state index contributed by atoms with van der Waals surface area (Å²) in [7, 11) is 3.33. The van der Waals surface area contributed by atoms with Gasteiger partial charge in [-0.25, -0.2) is 0 Å². The van der Waals surface area contributed by atoms with Crippen molar-refractivity contribution in [3.63, 3.8) is 0 Å². The molecular formula is C15H23N3O2. The number of para-hydroxylation sites is 1. The van der Waals surface area contributed by atoms with Crippen LogP contribution >= 0.6 is 0 Å². The topological polar surface area (TPSA) is 70.2 Å². The number of hydrogen-bond acceptors (Lipinski definition) is 3. The molecule has 0 aliphatic rings. The van der Waals surface area contributed by atoms with Gasteiger partial charge in [0.1, 0.15) is 6.04 Å². The van der Waals surface area contributed by atoms with Crippen LogP contribution in [-0.2, 0) is 4.79 Å². The largest absolute Gasteiger partial charge is 0.387 e. The van der Waals surface area contributed by atoms with E-state index in [1.165, 1.54) is 0 Å². The summed E-state index contributed by atoms with van der Waals surface area (Å²) in [6.45, 7) is 4.04. The fourth-order valence-electron chi connectivity index (χ4n) is 2.01. The zero-order chi connectivity index (χ0) is 15.1. The molecule has 0 saturated carbocycles. The van der Waals surface area contributed by atoms with Crippen LogP contribution in [0.2, 0.25) is 0 Å². The van der Waals surface area contributed by atoms with Crippen LogP contribution in [-0.4, -0.2) is 32.0 Å². The molecule has 5 nitrogen and oxygen atoms in total. The Morgan fingerprint density at radius 2 is 1.80 bits per heavy atom. The monoisotopic (exact) mass is 277 g/mol. The van der Waals surface area contributed by atoms with Gasteiger partial charge in [0.2, 0.25) is 5.91 Å². The SMILES string of the molecule is CNC(=O)C(CC(C)C)NC(=O)c1ccccc1NC. The van der Waals surface area contributed by atoms with Crippen molar-refractivity contribution in [1.82, 2.24) is 10.6 Å². The maximum absolute atomic E-state index is 12.3. The summed E-state index contributed by atoms with van der Waals surface area (Å²) in [6.07, 6.45) is 0.604. The molecule has 0 radical (unpaired) electrons. The van der Waals surface area contributed by atoms with Crippen LogP contribution < -0.4 is 16.0 Å². The average Bonchev–Trinajstić information content (AvgIpc) is 2.45. The van der Waals surface area contributed by atoms with Gasteiger partial charge < -0.3 is 16.0 Å². The van der Waals surface area contributed by atoms with Crippen LogP contribution in [0.4, 0.5) is 5.69 Å². The van der Waals surface area contributed by atoms with E-state index in [1.807, 2.05) is 26.0 Å². The third-order valence-corrected chi connectivity index (χ3v) is 3.02. The summed E-state index contributed by atoms with van der Waals surface area (Å²) in [5, 5.41) is 8.36. The molecule has 0 heterocycles. The van der Waals surface area contributed by atoms with Crippen LogP contribution in [0.15, 0.2) is 24.3 Å². The summed E-state index contributed by atoms with van der Waals surface area (Å²) in [5.41, 5.74) is 1.28. The van der Waals surface area contributed by atoms with E-state index in [4.69, 9.17) is 0 Å². The van der Waals surface area contributed by atoms with E-state index in [-0.39, 0.29) is 11.8 Å². The minimum Gasteiger partial charge on any atom is -0.387 e. The van der Waals surface area contributed by atoms with Gasteiger partial charge in [-0.1, -0.05) is 26.0 Å². The molecule has 1 rings (SSSR count). The molecule has 20 heavy (non-hydrogen) atoms. The zero-order valence-corrected chi connectivity index (χ0v) is 12.5. The molecule has 0 bridgehead atoms. The molecule has 0 spiro atoms. The fraction of sp³-hybridized carbons (Fsp3) is 0.467. The van der Waals surface area contributed by atoms with Gasteiger partial charge in [-0.05, 0) is 24.5 Å². The first-order valence-electron chi connectivity index (χ1n) is 6.78. The number of anilines is 1. The highest BCUT2D eigenvalue weighted by atomic mass is 16.2. The van der Waals surface area contributed by atoms with Gasteiger partial charge >= 0.3 is 0 Å². The first-order valence-corrected chi connectivity index (χ1v) is 6.78. The van der Waals surface area contributed by atoms with E-state index in [2.05, 4.69) is 16.0 Å². The van der Waals surface area contributed by atoms with Crippen LogP contribution in [0.3, 0.4) is 0 Å². The molecule has 2 amide bonds. The van der Waals surface area contributed by atoms with E-state index in [1.54, 1.807) is 26.2 Å². The van der Waals surface area contributed by atoms with Crippen molar-refractivity contribution in [1.29, 1.82) is 0 Å². The van der Waals surface area contributed by atoms with Gasteiger partial charge in [-0.3, -0.25) is 9.59 Å². The summed E-state index contributed by atoms with van der Waals surface area (Å²) in [6, 6.07) is 6.70. The third-order valence-electron chi connectivity index (χ3n) is 3.02.